The Hall–Kier alpha value is -3.75. The fourth-order valence-corrected chi connectivity index (χ4v) is 3.75. The number of carbonyl (C=O) groups excluding carboxylic acids is 2. The number of benzene rings is 2. The molecule has 3 aromatic rings. The summed E-state index contributed by atoms with van der Waals surface area (Å²) in [5, 5.41) is 13.4. The van der Waals surface area contributed by atoms with E-state index in [1.807, 2.05) is 20.8 Å². The second-order valence-electron chi connectivity index (χ2n) is 10.6. The normalized spacial score (nSPS) is 13.3. The summed E-state index contributed by atoms with van der Waals surface area (Å²) >= 11 is 0. The van der Waals surface area contributed by atoms with Crippen LogP contribution in [0.2, 0.25) is 0 Å². The van der Waals surface area contributed by atoms with Crippen molar-refractivity contribution in [2.24, 2.45) is 5.41 Å². The van der Waals surface area contributed by atoms with E-state index in [0.29, 0.717) is 59.9 Å². The van der Waals surface area contributed by atoms with Crippen LogP contribution >= 0.6 is 0 Å². The van der Waals surface area contributed by atoms with Gasteiger partial charge in [0.05, 0.1) is 6.61 Å². The third-order valence-corrected chi connectivity index (χ3v) is 6.03. The maximum atomic E-state index is 14.9. The van der Waals surface area contributed by atoms with Crippen molar-refractivity contribution < 1.29 is 23.1 Å². The summed E-state index contributed by atoms with van der Waals surface area (Å²) in [6.07, 6.45) is 4.28. The standard InChI is InChI=1S/C28H33FN4O4/c1-17-22(12-19(13-23(17)29)27(35)32-20-8-9-20)21-10-7-18(26(34)30-15-28(2,3)4)14-24(21)36-11-5-6-25-33-31-16-37-25/h7,10,12-14,16,20H,5-6,8-9,11,15H2,1-4H3,(H,30,34)(H,32,35). The van der Waals surface area contributed by atoms with E-state index in [1.54, 1.807) is 31.2 Å². The number of nitrogens with zero attached hydrogens (tertiary/aromatic N) is 2. The molecule has 1 saturated carbocycles. The van der Waals surface area contributed by atoms with Crippen LogP contribution in [0.25, 0.3) is 11.1 Å². The quantitative estimate of drug-likeness (QED) is 0.379. The number of rotatable bonds is 10. The van der Waals surface area contributed by atoms with E-state index < -0.39 is 5.82 Å². The third kappa shape index (κ3) is 7.15. The Bertz CT molecular complexity index is 1260. The summed E-state index contributed by atoms with van der Waals surface area (Å²) in [6, 6.07) is 8.18. The third-order valence-electron chi connectivity index (χ3n) is 6.03. The van der Waals surface area contributed by atoms with Crippen LogP contribution in [0.4, 0.5) is 4.39 Å². The van der Waals surface area contributed by atoms with Crippen molar-refractivity contribution in [2.75, 3.05) is 13.2 Å². The van der Waals surface area contributed by atoms with E-state index >= 15 is 0 Å². The predicted octanol–water partition coefficient (Wildman–Crippen LogP) is 4.86. The number of amides is 2. The van der Waals surface area contributed by atoms with E-state index in [0.717, 1.165) is 12.8 Å². The summed E-state index contributed by atoms with van der Waals surface area (Å²) in [6.45, 7) is 8.60. The fourth-order valence-electron chi connectivity index (χ4n) is 3.75. The van der Waals surface area contributed by atoms with Crippen LogP contribution in [-0.2, 0) is 6.42 Å². The van der Waals surface area contributed by atoms with Crippen LogP contribution in [0.15, 0.2) is 41.1 Å². The molecule has 8 nitrogen and oxygen atoms in total. The largest absolute Gasteiger partial charge is 0.493 e. The van der Waals surface area contributed by atoms with E-state index in [-0.39, 0.29) is 28.8 Å². The Kier molecular flexibility index (Phi) is 7.90. The average molecular weight is 509 g/mol. The molecule has 9 heteroatoms. The molecule has 2 amide bonds. The maximum absolute atomic E-state index is 14.9. The molecule has 0 radical (unpaired) electrons. The molecule has 2 aromatic carbocycles. The average Bonchev–Trinajstić information content (AvgIpc) is 3.51. The minimum Gasteiger partial charge on any atom is -0.493 e. The van der Waals surface area contributed by atoms with E-state index in [2.05, 4.69) is 20.8 Å². The SMILES string of the molecule is Cc1c(F)cc(C(=O)NC2CC2)cc1-c1ccc(C(=O)NCC(C)(C)C)cc1OCCCc1nnco1. The number of hydrogen-bond acceptors (Lipinski definition) is 6. The van der Waals surface area contributed by atoms with Crippen LogP contribution < -0.4 is 15.4 Å². The van der Waals surface area contributed by atoms with Crippen molar-refractivity contribution in [1.29, 1.82) is 0 Å². The van der Waals surface area contributed by atoms with E-state index in [4.69, 9.17) is 9.15 Å². The lowest BCUT2D eigenvalue weighted by atomic mass is 9.95. The molecular weight excluding hydrogens is 475 g/mol. The Balaban J connectivity index is 1.62. The van der Waals surface area contributed by atoms with Crippen LogP contribution in [-0.4, -0.2) is 41.2 Å². The van der Waals surface area contributed by atoms with Crippen LogP contribution in [0.3, 0.4) is 0 Å². The maximum Gasteiger partial charge on any atom is 0.251 e. The Morgan fingerprint density at radius 2 is 1.89 bits per heavy atom. The highest BCUT2D eigenvalue weighted by Crippen LogP contribution is 2.35. The molecule has 1 aliphatic rings. The first-order valence-corrected chi connectivity index (χ1v) is 12.5. The van der Waals surface area contributed by atoms with Gasteiger partial charge in [-0.3, -0.25) is 9.59 Å². The molecule has 0 bridgehead atoms. The first-order chi connectivity index (χ1) is 17.6. The lowest BCUT2D eigenvalue weighted by Crippen LogP contribution is -2.32. The minimum atomic E-state index is -0.479. The first-order valence-electron chi connectivity index (χ1n) is 12.5. The van der Waals surface area contributed by atoms with Gasteiger partial charge < -0.3 is 19.8 Å². The lowest BCUT2D eigenvalue weighted by Gasteiger charge is -2.19. The van der Waals surface area contributed by atoms with Crippen LogP contribution in [0.1, 0.15) is 72.2 Å². The minimum absolute atomic E-state index is 0.0697. The summed E-state index contributed by atoms with van der Waals surface area (Å²) in [5.41, 5.74) is 2.14. The predicted molar refractivity (Wildman–Crippen MR) is 137 cm³/mol. The number of aromatic nitrogens is 2. The summed E-state index contributed by atoms with van der Waals surface area (Å²) in [5.74, 6) is -0.0732. The second-order valence-corrected chi connectivity index (χ2v) is 10.6. The first kappa shape index (κ1) is 26.3. The number of aryl methyl sites for hydroxylation is 1. The molecule has 37 heavy (non-hydrogen) atoms. The van der Waals surface area contributed by atoms with Crippen molar-refractivity contribution in [2.45, 2.75) is 59.4 Å². The molecule has 0 spiro atoms. The summed E-state index contributed by atoms with van der Waals surface area (Å²) in [7, 11) is 0. The number of nitrogens with one attached hydrogen (secondary N) is 2. The molecule has 0 unspecified atom stereocenters. The highest BCUT2D eigenvalue weighted by molar-refractivity contribution is 5.98. The molecule has 0 aliphatic heterocycles. The molecule has 1 aliphatic carbocycles. The van der Waals surface area contributed by atoms with Gasteiger partial charge in [0.15, 0.2) is 0 Å². The zero-order valence-corrected chi connectivity index (χ0v) is 21.7. The topological polar surface area (TPSA) is 106 Å². The van der Waals surface area contributed by atoms with E-state index in [9.17, 15) is 14.0 Å². The van der Waals surface area contributed by atoms with Gasteiger partial charge in [-0.25, -0.2) is 4.39 Å². The molecule has 4 rings (SSSR count). The van der Waals surface area contributed by atoms with Gasteiger partial charge in [0.2, 0.25) is 12.3 Å². The monoisotopic (exact) mass is 508 g/mol. The smallest absolute Gasteiger partial charge is 0.251 e. The molecule has 1 heterocycles. The Morgan fingerprint density at radius 3 is 2.57 bits per heavy atom. The number of halogens is 1. The number of hydrogen-bond donors (Lipinski definition) is 2. The molecule has 196 valence electrons. The summed E-state index contributed by atoms with van der Waals surface area (Å²) in [4.78, 5) is 25.5. The van der Waals surface area contributed by atoms with Gasteiger partial charge in [0.1, 0.15) is 11.6 Å². The fraction of sp³-hybridized carbons (Fsp3) is 0.429. The zero-order valence-electron chi connectivity index (χ0n) is 21.7. The van der Waals surface area contributed by atoms with Gasteiger partial charge in [-0.1, -0.05) is 20.8 Å². The molecular formula is C28H33FN4O4. The van der Waals surface area contributed by atoms with Crippen molar-refractivity contribution in [3.63, 3.8) is 0 Å². The van der Waals surface area contributed by atoms with Crippen LogP contribution in [0, 0.1) is 18.2 Å². The van der Waals surface area contributed by atoms with E-state index in [1.165, 1.54) is 12.5 Å². The molecule has 0 saturated heterocycles. The zero-order chi connectivity index (χ0) is 26.6. The van der Waals surface area contributed by atoms with Gasteiger partial charge in [0, 0.05) is 35.7 Å². The Labute approximate surface area is 216 Å². The van der Waals surface area contributed by atoms with Gasteiger partial charge in [0.25, 0.3) is 11.8 Å². The molecule has 0 atom stereocenters. The van der Waals surface area contributed by atoms with Gasteiger partial charge in [-0.2, -0.15) is 0 Å². The number of ether oxygens (including phenoxy) is 1. The lowest BCUT2D eigenvalue weighted by molar-refractivity contribution is 0.0935. The van der Waals surface area contributed by atoms with Crippen molar-refractivity contribution >= 4 is 11.8 Å². The number of carbonyl (C=O) groups is 2. The van der Waals surface area contributed by atoms with Gasteiger partial charge >= 0.3 is 0 Å². The molecule has 1 fully saturated rings. The molecule has 2 N–H and O–H groups in total. The van der Waals surface area contributed by atoms with Crippen molar-refractivity contribution in [1.82, 2.24) is 20.8 Å². The second kappa shape index (κ2) is 11.1. The summed E-state index contributed by atoms with van der Waals surface area (Å²) < 4.78 is 26.2. The van der Waals surface area contributed by atoms with Gasteiger partial charge in [-0.15, -0.1) is 10.2 Å². The van der Waals surface area contributed by atoms with Crippen LogP contribution in [0.5, 0.6) is 5.75 Å². The Morgan fingerprint density at radius 1 is 1.11 bits per heavy atom. The van der Waals surface area contributed by atoms with Crippen molar-refractivity contribution in [3.8, 4) is 16.9 Å². The highest BCUT2D eigenvalue weighted by atomic mass is 19.1. The molecule has 1 aromatic heterocycles. The highest BCUT2D eigenvalue weighted by Gasteiger charge is 2.25. The van der Waals surface area contributed by atoms with Gasteiger partial charge in [-0.05, 0) is 73.1 Å². The van der Waals surface area contributed by atoms with Crippen molar-refractivity contribution in [3.05, 3.63) is 65.1 Å².